The van der Waals surface area contributed by atoms with Gasteiger partial charge in [-0.15, -0.1) is 0 Å². The molecule has 2 aromatic carbocycles. The van der Waals surface area contributed by atoms with Gasteiger partial charge in [-0.05, 0) is 31.2 Å². The summed E-state index contributed by atoms with van der Waals surface area (Å²) in [5, 5.41) is 0.528. The zero-order valence-electron chi connectivity index (χ0n) is 15.4. The number of nitrogens with zero attached hydrogens (tertiary/aromatic N) is 1. The van der Waals surface area contributed by atoms with Crippen LogP contribution in [-0.4, -0.2) is 25.2 Å². The molecule has 1 atom stereocenters. The average Bonchev–Trinajstić information content (AvgIpc) is 3.08. The first kappa shape index (κ1) is 18.8. The molecule has 2 aromatic rings. The van der Waals surface area contributed by atoms with Crippen LogP contribution in [0, 0.1) is 12.8 Å². The van der Waals surface area contributed by atoms with Crippen LogP contribution < -0.4 is 9.64 Å². The number of rotatable bonds is 4. The Morgan fingerprint density at radius 2 is 2.07 bits per heavy atom. The number of aryl methyl sites for hydroxylation is 1. The third kappa shape index (κ3) is 3.84. The van der Waals surface area contributed by atoms with Crippen molar-refractivity contribution < 1.29 is 23.8 Å². The molecular formula is C21H20ClNO5. The van der Waals surface area contributed by atoms with Gasteiger partial charge < -0.3 is 19.1 Å². The number of anilines is 1. The predicted molar refractivity (Wildman–Crippen MR) is 103 cm³/mol. The molecule has 0 spiro atoms. The van der Waals surface area contributed by atoms with E-state index in [9.17, 15) is 9.59 Å². The van der Waals surface area contributed by atoms with E-state index in [0.29, 0.717) is 29.5 Å². The molecule has 6 nitrogen and oxygen atoms in total. The molecule has 0 aromatic heterocycles. The number of carbonyl (C=O) groups is 2. The number of ether oxygens (including phenoxy) is 3. The van der Waals surface area contributed by atoms with Crippen molar-refractivity contribution in [2.45, 2.75) is 26.6 Å². The van der Waals surface area contributed by atoms with Crippen LogP contribution in [-0.2, 0) is 32.3 Å². The minimum absolute atomic E-state index is 0.0386. The summed E-state index contributed by atoms with van der Waals surface area (Å²) >= 11 is 6.14. The zero-order chi connectivity index (χ0) is 19.7. The van der Waals surface area contributed by atoms with E-state index in [0.717, 1.165) is 16.8 Å². The lowest BCUT2D eigenvalue weighted by atomic mass is 10.1. The van der Waals surface area contributed by atoms with Crippen molar-refractivity contribution in [3.63, 3.8) is 0 Å². The molecule has 2 aliphatic rings. The van der Waals surface area contributed by atoms with E-state index < -0.39 is 11.9 Å². The van der Waals surface area contributed by atoms with Gasteiger partial charge >= 0.3 is 5.97 Å². The number of esters is 1. The van der Waals surface area contributed by atoms with Gasteiger partial charge in [0.2, 0.25) is 5.91 Å². The van der Waals surface area contributed by atoms with Crippen LogP contribution in [0.25, 0.3) is 0 Å². The van der Waals surface area contributed by atoms with Crippen LogP contribution >= 0.6 is 11.6 Å². The average molecular weight is 402 g/mol. The molecule has 0 bridgehead atoms. The predicted octanol–water partition coefficient (Wildman–Crippen LogP) is 3.61. The van der Waals surface area contributed by atoms with Gasteiger partial charge in [0.05, 0.1) is 12.5 Å². The van der Waals surface area contributed by atoms with Gasteiger partial charge in [-0.1, -0.05) is 29.3 Å². The Morgan fingerprint density at radius 1 is 1.29 bits per heavy atom. The number of amides is 1. The van der Waals surface area contributed by atoms with Gasteiger partial charge in [0.25, 0.3) is 0 Å². The first-order chi connectivity index (χ1) is 13.5. The lowest BCUT2D eigenvalue weighted by Gasteiger charge is -2.21. The Kier molecular flexibility index (Phi) is 5.24. The van der Waals surface area contributed by atoms with Crippen LogP contribution in [0.3, 0.4) is 0 Å². The highest BCUT2D eigenvalue weighted by atomic mass is 35.5. The number of benzene rings is 2. The zero-order valence-corrected chi connectivity index (χ0v) is 16.2. The highest BCUT2D eigenvalue weighted by molar-refractivity contribution is 6.30. The molecule has 0 radical (unpaired) electrons. The lowest BCUT2D eigenvalue weighted by molar-refractivity contribution is -0.149. The monoisotopic (exact) mass is 401 g/mol. The summed E-state index contributed by atoms with van der Waals surface area (Å²) < 4.78 is 16.3. The molecule has 0 saturated carbocycles. The van der Waals surface area contributed by atoms with E-state index in [1.807, 2.05) is 31.2 Å². The number of hydrogen-bond acceptors (Lipinski definition) is 5. The summed E-state index contributed by atoms with van der Waals surface area (Å²) in [5.41, 5.74) is 3.43. The summed E-state index contributed by atoms with van der Waals surface area (Å²) in [7, 11) is 0. The molecular weight excluding hydrogens is 382 g/mol. The lowest BCUT2D eigenvalue weighted by Crippen LogP contribution is -2.26. The standard InChI is InChI=1S/C21H20ClNO5/c1-13-2-4-18(5-3-13)23-9-14(8-19(23)24)21(25)27-11-16-7-17(22)6-15-10-26-12-28-20(15)16/h2-7,14H,8-12H2,1H3/t14-/m1/s1. The first-order valence-corrected chi connectivity index (χ1v) is 9.44. The topological polar surface area (TPSA) is 65.1 Å². The number of hydrogen-bond donors (Lipinski definition) is 0. The Morgan fingerprint density at radius 3 is 2.86 bits per heavy atom. The third-order valence-corrected chi connectivity index (χ3v) is 5.14. The smallest absolute Gasteiger partial charge is 0.311 e. The Hall–Kier alpha value is -2.57. The van der Waals surface area contributed by atoms with E-state index in [2.05, 4.69) is 0 Å². The fourth-order valence-electron chi connectivity index (χ4n) is 3.47. The van der Waals surface area contributed by atoms with Crippen molar-refractivity contribution in [2.75, 3.05) is 18.2 Å². The first-order valence-electron chi connectivity index (χ1n) is 9.07. The molecule has 1 fully saturated rings. The summed E-state index contributed by atoms with van der Waals surface area (Å²) in [6, 6.07) is 11.2. The van der Waals surface area contributed by atoms with Gasteiger partial charge in [0.15, 0.2) is 6.79 Å². The molecule has 7 heteroatoms. The number of fused-ring (bicyclic) bond motifs is 1. The minimum atomic E-state index is -0.493. The van der Waals surface area contributed by atoms with E-state index in [-0.39, 0.29) is 25.7 Å². The van der Waals surface area contributed by atoms with Crippen LogP contribution in [0.2, 0.25) is 5.02 Å². The summed E-state index contributed by atoms with van der Waals surface area (Å²) in [6.07, 6.45) is 0.144. The van der Waals surface area contributed by atoms with Crippen molar-refractivity contribution in [1.82, 2.24) is 0 Å². The molecule has 2 heterocycles. The Bertz CT molecular complexity index is 912. The van der Waals surface area contributed by atoms with Crippen LogP contribution in [0.4, 0.5) is 5.69 Å². The van der Waals surface area contributed by atoms with Crippen molar-refractivity contribution in [1.29, 1.82) is 0 Å². The highest BCUT2D eigenvalue weighted by Crippen LogP contribution is 2.33. The number of halogens is 1. The van der Waals surface area contributed by atoms with Gasteiger partial charge in [-0.3, -0.25) is 9.59 Å². The van der Waals surface area contributed by atoms with E-state index in [1.165, 1.54) is 0 Å². The summed E-state index contributed by atoms with van der Waals surface area (Å²) in [6.45, 7) is 2.90. The van der Waals surface area contributed by atoms with E-state index in [1.54, 1.807) is 17.0 Å². The molecule has 4 rings (SSSR count). The molecule has 2 aliphatic heterocycles. The van der Waals surface area contributed by atoms with Gasteiger partial charge in [0, 0.05) is 34.8 Å². The summed E-state index contributed by atoms with van der Waals surface area (Å²) in [4.78, 5) is 26.5. The molecule has 146 valence electrons. The molecule has 0 unspecified atom stereocenters. The minimum Gasteiger partial charge on any atom is -0.467 e. The van der Waals surface area contributed by atoms with Crippen LogP contribution in [0.15, 0.2) is 36.4 Å². The maximum absolute atomic E-state index is 12.5. The van der Waals surface area contributed by atoms with E-state index in [4.69, 9.17) is 25.8 Å². The van der Waals surface area contributed by atoms with Crippen molar-refractivity contribution in [3.05, 3.63) is 58.1 Å². The number of carbonyl (C=O) groups excluding carboxylic acids is 2. The molecule has 28 heavy (non-hydrogen) atoms. The van der Waals surface area contributed by atoms with Gasteiger partial charge in [0.1, 0.15) is 12.4 Å². The van der Waals surface area contributed by atoms with E-state index >= 15 is 0 Å². The van der Waals surface area contributed by atoms with Crippen molar-refractivity contribution >= 4 is 29.2 Å². The van der Waals surface area contributed by atoms with Crippen molar-refractivity contribution in [2.24, 2.45) is 5.92 Å². The van der Waals surface area contributed by atoms with Gasteiger partial charge in [-0.2, -0.15) is 0 Å². The van der Waals surface area contributed by atoms with Crippen LogP contribution in [0.5, 0.6) is 5.75 Å². The maximum atomic E-state index is 12.5. The molecule has 0 N–H and O–H groups in total. The Balaban J connectivity index is 1.42. The second kappa shape index (κ2) is 7.81. The summed E-state index contributed by atoms with van der Waals surface area (Å²) in [5.74, 6) is -0.324. The Labute approximate surface area is 167 Å². The normalized spacial score (nSPS) is 18.6. The maximum Gasteiger partial charge on any atom is 0.311 e. The third-order valence-electron chi connectivity index (χ3n) is 4.93. The SMILES string of the molecule is Cc1ccc(N2C[C@H](C(=O)OCc3cc(Cl)cc4c3OCOC4)CC2=O)cc1. The second-order valence-electron chi connectivity index (χ2n) is 7.01. The second-order valence-corrected chi connectivity index (χ2v) is 7.45. The molecule has 0 aliphatic carbocycles. The van der Waals surface area contributed by atoms with Crippen LogP contribution in [0.1, 0.15) is 23.1 Å². The molecule has 1 saturated heterocycles. The van der Waals surface area contributed by atoms with Crippen molar-refractivity contribution in [3.8, 4) is 5.75 Å². The highest BCUT2D eigenvalue weighted by Gasteiger charge is 2.36. The van der Waals surface area contributed by atoms with Gasteiger partial charge in [-0.25, -0.2) is 0 Å². The largest absolute Gasteiger partial charge is 0.467 e. The molecule has 1 amide bonds. The fourth-order valence-corrected chi connectivity index (χ4v) is 3.73. The quantitative estimate of drug-likeness (QED) is 0.732. The fraction of sp³-hybridized carbons (Fsp3) is 0.333.